The van der Waals surface area contributed by atoms with Gasteiger partial charge in [-0.1, -0.05) is 5.92 Å². The Kier molecular flexibility index (Phi) is 4.06. The van der Waals surface area contributed by atoms with Crippen LogP contribution in [0.4, 0.5) is 4.39 Å². The van der Waals surface area contributed by atoms with E-state index in [4.69, 9.17) is 5.26 Å². The van der Waals surface area contributed by atoms with E-state index in [1.165, 1.54) is 25.3 Å². The average Bonchev–Trinajstić information content (AvgIpc) is 2.30. The van der Waals surface area contributed by atoms with Crippen LogP contribution < -0.4 is 0 Å². The molecule has 16 heavy (non-hydrogen) atoms. The van der Waals surface area contributed by atoms with Crippen molar-refractivity contribution < 1.29 is 13.9 Å². The highest BCUT2D eigenvalue weighted by atomic mass is 19.1. The number of rotatable bonds is 1. The quantitative estimate of drug-likeness (QED) is 0.528. The van der Waals surface area contributed by atoms with Crippen LogP contribution in [-0.4, -0.2) is 13.1 Å². The van der Waals surface area contributed by atoms with Crippen molar-refractivity contribution in [3.05, 3.63) is 35.1 Å². The number of carbonyl (C=O) groups excluding carboxylic acids is 1. The molecule has 1 rings (SSSR count). The largest absolute Gasteiger partial charge is 0.459 e. The number of nitrogens with zero attached hydrogens (tertiary/aromatic N) is 1. The molecule has 0 N–H and O–H groups in total. The summed E-state index contributed by atoms with van der Waals surface area (Å²) in [6, 6.07) is 5.94. The predicted octanol–water partition coefficient (Wildman–Crippen LogP) is 1.42. The molecule has 0 unspecified atom stereocenters. The van der Waals surface area contributed by atoms with Gasteiger partial charge in [-0.15, -0.1) is 0 Å². The van der Waals surface area contributed by atoms with Gasteiger partial charge < -0.3 is 4.74 Å². The summed E-state index contributed by atoms with van der Waals surface area (Å²) in [5.74, 6) is 3.63. The Morgan fingerprint density at radius 3 is 2.94 bits per heavy atom. The number of halogens is 1. The fraction of sp³-hybridized carbons (Fsp3) is 0.167. The summed E-state index contributed by atoms with van der Waals surface area (Å²) in [7, 11) is 1.22. The Bertz CT molecular complexity index is 506. The van der Waals surface area contributed by atoms with E-state index in [0.717, 1.165) is 0 Å². The minimum absolute atomic E-state index is 0.0282. The van der Waals surface area contributed by atoms with Crippen LogP contribution in [-0.2, 0) is 16.0 Å². The highest BCUT2D eigenvalue weighted by Crippen LogP contribution is 2.10. The van der Waals surface area contributed by atoms with Crippen LogP contribution in [0.25, 0.3) is 0 Å². The van der Waals surface area contributed by atoms with E-state index in [1.54, 1.807) is 0 Å². The number of nitriles is 1. The molecule has 0 saturated heterocycles. The number of ether oxygens (including phenoxy) is 1. The van der Waals surface area contributed by atoms with Gasteiger partial charge in [0.1, 0.15) is 5.82 Å². The van der Waals surface area contributed by atoms with Gasteiger partial charge in [-0.05, 0) is 18.2 Å². The molecule has 0 saturated carbocycles. The van der Waals surface area contributed by atoms with Crippen molar-refractivity contribution in [2.75, 3.05) is 7.11 Å². The molecule has 0 atom stereocenters. The van der Waals surface area contributed by atoms with Crippen molar-refractivity contribution in [3.8, 4) is 17.9 Å². The summed E-state index contributed by atoms with van der Waals surface area (Å²) in [6.45, 7) is 0. The zero-order valence-corrected chi connectivity index (χ0v) is 8.58. The van der Waals surface area contributed by atoms with Crippen LogP contribution in [0.2, 0.25) is 0 Å². The number of methoxy groups -OCH3 is 1. The fourth-order valence-electron chi connectivity index (χ4n) is 1.05. The van der Waals surface area contributed by atoms with Crippen molar-refractivity contribution in [1.29, 1.82) is 5.26 Å². The Balaban J connectivity index is 2.98. The van der Waals surface area contributed by atoms with Crippen LogP contribution in [0.3, 0.4) is 0 Å². The van der Waals surface area contributed by atoms with E-state index >= 15 is 0 Å². The third-order valence-corrected chi connectivity index (χ3v) is 1.81. The molecule has 0 fully saturated rings. The van der Waals surface area contributed by atoms with Gasteiger partial charge in [0, 0.05) is 17.0 Å². The number of carbonyl (C=O) groups is 1. The Morgan fingerprint density at radius 2 is 2.31 bits per heavy atom. The minimum Gasteiger partial charge on any atom is -0.459 e. The smallest absolute Gasteiger partial charge is 0.384 e. The number of benzene rings is 1. The topological polar surface area (TPSA) is 50.1 Å². The Hall–Kier alpha value is -2.33. The zero-order valence-electron chi connectivity index (χ0n) is 8.58. The maximum absolute atomic E-state index is 13.1. The number of esters is 1. The van der Waals surface area contributed by atoms with Crippen LogP contribution in [0.15, 0.2) is 18.2 Å². The van der Waals surface area contributed by atoms with Crippen molar-refractivity contribution >= 4 is 5.97 Å². The first-order valence-corrected chi connectivity index (χ1v) is 4.42. The molecule has 80 valence electrons. The normalized spacial score (nSPS) is 8.56. The van der Waals surface area contributed by atoms with E-state index in [9.17, 15) is 9.18 Å². The maximum atomic E-state index is 13.1. The Morgan fingerprint density at radius 1 is 1.56 bits per heavy atom. The molecule has 1 aromatic rings. The number of hydrogen-bond acceptors (Lipinski definition) is 3. The Labute approximate surface area is 92.5 Å². The molecular formula is C12H8FNO2. The lowest BCUT2D eigenvalue weighted by atomic mass is 10.1. The van der Waals surface area contributed by atoms with Gasteiger partial charge in [0.05, 0.1) is 19.6 Å². The fourth-order valence-corrected chi connectivity index (χ4v) is 1.05. The van der Waals surface area contributed by atoms with E-state index in [0.29, 0.717) is 5.56 Å². The molecule has 3 nitrogen and oxygen atoms in total. The van der Waals surface area contributed by atoms with Gasteiger partial charge in [-0.25, -0.2) is 9.18 Å². The minimum atomic E-state index is -0.661. The van der Waals surface area contributed by atoms with Crippen LogP contribution >= 0.6 is 0 Å². The molecular weight excluding hydrogens is 209 g/mol. The van der Waals surface area contributed by atoms with Gasteiger partial charge in [0.25, 0.3) is 0 Å². The van der Waals surface area contributed by atoms with Crippen LogP contribution in [0.1, 0.15) is 11.1 Å². The summed E-state index contributed by atoms with van der Waals surface area (Å²) < 4.78 is 17.5. The highest BCUT2D eigenvalue weighted by Gasteiger charge is 2.01. The molecule has 0 aromatic heterocycles. The third kappa shape index (κ3) is 3.11. The van der Waals surface area contributed by atoms with Crippen molar-refractivity contribution in [2.45, 2.75) is 6.42 Å². The molecule has 0 aliphatic heterocycles. The lowest BCUT2D eigenvalue weighted by Crippen LogP contribution is -1.95. The molecule has 0 aliphatic rings. The van der Waals surface area contributed by atoms with Crippen LogP contribution in [0.5, 0.6) is 0 Å². The summed E-state index contributed by atoms with van der Waals surface area (Å²) in [6.07, 6.45) is -0.0282. The van der Waals surface area contributed by atoms with Gasteiger partial charge in [0.15, 0.2) is 0 Å². The lowest BCUT2D eigenvalue weighted by Gasteiger charge is -1.98. The second-order valence-electron chi connectivity index (χ2n) is 2.88. The van der Waals surface area contributed by atoms with Crippen molar-refractivity contribution in [2.24, 2.45) is 0 Å². The average molecular weight is 217 g/mol. The lowest BCUT2D eigenvalue weighted by molar-refractivity contribution is -0.133. The second kappa shape index (κ2) is 5.53. The molecule has 4 heteroatoms. The summed E-state index contributed by atoms with van der Waals surface area (Å²) in [5, 5.41) is 8.46. The molecule has 0 spiro atoms. The standard InChI is InChI=1S/C12H8FNO2/c1-16-12(15)5-3-9-2-4-11(13)10(8-9)6-7-14/h2,4,8H,6H2,1H3. The van der Waals surface area contributed by atoms with Crippen molar-refractivity contribution in [3.63, 3.8) is 0 Å². The van der Waals surface area contributed by atoms with E-state index in [1.807, 2.05) is 6.07 Å². The van der Waals surface area contributed by atoms with E-state index in [2.05, 4.69) is 16.6 Å². The number of hydrogen-bond donors (Lipinski definition) is 0. The predicted molar refractivity (Wildman–Crippen MR) is 54.6 cm³/mol. The van der Waals surface area contributed by atoms with Crippen molar-refractivity contribution in [1.82, 2.24) is 0 Å². The highest BCUT2D eigenvalue weighted by molar-refractivity contribution is 5.89. The first-order valence-electron chi connectivity index (χ1n) is 4.42. The first kappa shape index (κ1) is 11.7. The van der Waals surface area contributed by atoms with Gasteiger partial charge in [0.2, 0.25) is 0 Å². The monoisotopic (exact) mass is 217 g/mol. The van der Waals surface area contributed by atoms with E-state index in [-0.39, 0.29) is 12.0 Å². The summed E-state index contributed by atoms with van der Waals surface area (Å²) >= 11 is 0. The molecule has 0 bridgehead atoms. The molecule has 0 aliphatic carbocycles. The molecule has 0 radical (unpaired) electrons. The molecule has 0 heterocycles. The molecule has 0 amide bonds. The SMILES string of the molecule is COC(=O)C#Cc1ccc(F)c(CC#N)c1. The third-order valence-electron chi connectivity index (χ3n) is 1.81. The van der Waals surface area contributed by atoms with Gasteiger partial charge in [-0.3, -0.25) is 0 Å². The first-order chi connectivity index (χ1) is 7.67. The van der Waals surface area contributed by atoms with E-state index < -0.39 is 11.8 Å². The zero-order chi connectivity index (χ0) is 12.0. The van der Waals surface area contributed by atoms with Crippen LogP contribution in [0, 0.1) is 29.0 Å². The maximum Gasteiger partial charge on any atom is 0.384 e. The van der Waals surface area contributed by atoms with Gasteiger partial charge in [-0.2, -0.15) is 5.26 Å². The summed E-state index contributed by atoms with van der Waals surface area (Å²) in [5.41, 5.74) is 0.733. The summed E-state index contributed by atoms with van der Waals surface area (Å²) in [4.78, 5) is 10.7. The second-order valence-corrected chi connectivity index (χ2v) is 2.88. The van der Waals surface area contributed by atoms with Gasteiger partial charge >= 0.3 is 5.97 Å². The molecule has 1 aromatic carbocycles.